The Labute approximate surface area is 174 Å². The Morgan fingerprint density at radius 1 is 1.21 bits per heavy atom. The first-order valence-corrected chi connectivity index (χ1v) is 9.84. The fraction of sp³-hybridized carbons (Fsp3) is 0.227. The lowest BCUT2D eigenvalue weighted by molar-refractivity contribution is 0.0702. The first kappa shape index (κ1) is 19.2. The van der Waals surface area contributed by atoms with E-state index in [1.807, 2.05) is 24.3 Å². The van der Waals surface area contributed by atoms with Gasteiger partial charge in [-0.1, -0.05) is 29.8 Å². The van der Waals surface area contributed by atoms with Gasteiger partial charge in [-0.05, 0) is 49.2 Å². The minimum atomic E-state index is -0.129. The number of carbonyl (C=O) groups excluding carboxylic acids is 1. The number of piperidine rings is 1. The van der Waals surface area contributed by atoms with Crippen LogP contribution in [0.5, 0.6) is 0 Å². The molecule has 3 aromatic rings. The van der Waals surface area contributed by atoms with Crippen LogP contribution in [0.3, 0.4) is 0 Å². The Kier molecular flexibility index (Phi) is 5.34. The van der Waals surface area contributed by atoms with Crippen LogP contribution in [0.2, 0.25) is 5.02 Å². The van der Waals surface area contributed by atoms with Gasteiger partial charge in [0.25, 0.3) is 5.91 Å². The van der Waals surface area contributed by atoms with Crippen LogP contribution in [0, 0.1) is 11.3 Å². The highest BCUT2D eigenvalue weighted by Crippen LogP contribution is 2.26. The minimum absolute atomic E-state index is 0.000659. The Bertz CT molecular complexity index is 1080. The third-order valence-electron chi connectivity index (χ3n) is 5.04. The molecule has 29 heavy (non-hydrogen) atoms. The predicted molar refractivity (Wildman–Crippen MR) is 112 cm³/mol. The molecule has 0 saturated carbocycles. The first-order chi connectivity index (χ1) is 14.0. The van der Waals surface area contributed by atoms with E-state index in [1.165, 1.54) is 0 Å². The fourth-order valence-electron chi connectivity index (χ4n) is 3.57. The van der Waals surface area contributed by atoms with Crippen molar-refractivity contribution in [2.24, 2.45) is 5.73 Å². The summed E-state index contributed by atoms with van der Waals surface area (Å²) in [7, 11) is 0. The molecule has 1 amide bonds. The monoisotopic (exact) mass is 405 g/mol. The van der Waals surface area contributed by atoms with Crippen molar-refractivity contribution in [3.63, 3.8) is 0 Å². The lowest BCUT2D eigenvalue weighted by Crippen LogP contribution is -2.45. The number of nitrogens with two attached hydrogens (primary N) is 1. The lowest BCUT2D eigenvalue weighted by atomic mass is 10.1. The van der Waals surface area contributed by atoms with Crippen LogP contribution in [0.25, 0.3) is 16.9 Å². The Balaban J connectivity index is 1.78. The highest BCUT2D eigenvalue weighted by atomic mass is 35.5. The van der Waals surface area contributed by atoms with Gasteiger partial charge in [0.05, 0.1) is 23.0 Å². The van der Waals surface area contributed by atoms with Crippen molar-refractivity contribution in [1.29, 1.82) is 5.26 Å². The zero-order valence-electron chi connectivity index (χ0n) is 15.8. The summed E-state index contributed by atoms with van der Waals surface area (Å²) in [6.45, 7) is 1.22. The van der Waals surface area contributed by atoms with Crippen molar-refractivity contribution in [3.05, 3.63) is 70.9 Å². The molecule has 0 aliphatic carbocycles. The molecular weight excluding hydrogens is 386 g/mol. The normalized spacial score (nSPS) is 16.4. The van der Waals surface area contributed by atoms with E-state index >= 15 is 0 Å². The molecule has 4 rings (SSSR count). The number of carbonyl (C=O) groups is 1. The predicted octanol–water partition coefficient (Wildman–Crippen LogP) is 3.63. The third kappa shape index (κ3) is 4.02. The van der Waals surface area contributed by atoms with Gasteiger partial charge >= 0.3 is 0 Å². The molecule has 0 bridgehead atoms. The highest BCUT2D eigenvalue weighted by Gasteiger charge is 2.25. The maximum atomic E-state index is 13.1. The van der Waals surface area contributed by atoms with E-state index in [9.17, 15) is 4.79 Å². The third-order valence-corrected chi connectivity index (χ3v) is 5.27. The topological polar surface area (TPSA) is 87.9 Å². The van der Waals surface area contributed by atoms with Crippen LogP contribution < -0.4 is 5.73 Å². The number of nitriles is 1. The SMILES string of the molecule is N#Cc1ccc(-c2cc(C(=O)N3CCCC(N)C3)nn2-c2cccc(Cl)c2)cc1. The van der Waals surface area contributed by atoms with Gasteiger partial charge in [0.15, 0.2) is 5.69 Å². The van der Waals surface area contributed by atoms with Crippen molar-refractivity contribution in [3.8, 4) is 23.0 Å². The summed E-state index contributed by atoms with van der Waals surface area (Å²) in [6, 6.07) is 18.4. The van der Waals surface area contributed by atoms with Gasteiger partial charge in [-0.15, -0.1) is 0 Å². The summed E-state index contributed by atoms with van der Waals surface area (Å²) < 4.78 is 1.71. The highest BCUT2D eigenvalue weighted by molar-refractivity contribution is 6.30. The van der Waals surface area contributed by atoms with Crippen molar-refractivity contribution >= 4 is 17.5 Å². The summed E-state index contributed by atoms with van der Waals surface area (Å²) in [5.41, 5.74) is 9.33. The van der Waals surface area contributed by atoms with Crippen molar-refractivity contribution in [2.45, 2.75) is 18.9 Å². The molecule has 1 aromatic heterocycles. The zero-order valence-corrected chi connectivity index (χ0v) is 16.5. The summed E-state index contributed by atoms with van der Waals surface area (Å²) in [5, 5.41) is 14.2. The van der Waals surface area contributed by atoms with E-state index in [1.54, 1.807) is 39.9 Å². The average Bonchev–Trinajstić information content (AvgIpc) is 3.19. The van der Waals surface area contributed by atoms with Gasteiger partial charge < -0.3 is 10.6 Å². The number of rotatable bonds is 3. The molecule has 7 heteroatoms. The molecule has 0 radical (unpaired) electrons. The zero-order chi connectivity index (χ0) is 20.4. The molecule has 2 aromatic carbocycles. The van der Waals surface area contributed by atoms with Gasteiger partial charge in [0, 0.05) is 29.7 Å². The second kappa shape index (κ2) is 8.08. The first-order valence-electron chi connectivity index (χ1n) is 9.46. The smallest absolute Gasteiger partial charge is 0.274 e. The van der Waals surface area contributed by atoms with E-state index in [0.717, 1.165) is 29.8 Å². The number of hydrogen-bond donors (Lipinski definition) is 1. The van der Waals surface area contributed by atoms with Gasteiger partial charge in [-0.25, -0.2) is 4.68 Å². The Hall–Kier alpha value is -3.14. The number of halogens is 1. The van der Waals surface area contributed by atoms with E-state index in [4.69, 9.17) is 22.6 Å². The van der Waals surface area contributed by atoms with Crippen molar-refractivity contribution in [2.75, 3.05) is 13.1 Å². The number of aromatic nitrogens is 2. The van der Waals surface area contributed by atoms with Gasteiger partial charge in [-0.3, -0.25) is 4.79 Å². The second-order valence-corrected chi connectivity index (χ2v) is 7.59. The number of likely N-dealkylation sites (tertiary alicyclic amines) is 1. The maximum absolute atomic E-state index is 13.1. The minimum Gasteiger partial charge on any atom is -0.336 e. The second-order valence-electron chi connectivity index (χ2n) is 7.15. The summed E-state index contributed by atoms with van der Waals surface area (Å²) in [5.74, 6) is -0.129. The summed E-state index contributed by atoms with van der Waals surface area (Å²) in [6.07, 6.45) is 1.82. The van der Waals surface area contributed by atoms with Gasteiger partial charge in [0.2, 0.25) is 0 Å². The average molecular weight is 406 g/mol. The van der Waals surface area contributed by atoms with E-state index < -0.39 is 0 Å². The van der Waals surface area contributed by atoms with Gasteiger partial charge in [0.1, 0.15) is 0 Å². The summed E-state index contributed by atoms with van der Waals surface area (Å²) in [4.78, 5) is 14.8. The van der Waals surface area contributed by atoms with Crippen LogP contribution in [0.15, 0.2) is 54.6 Å². The Morgan fingerprint density at radius 2 is 2.00 bits per heavy atom. The fourth-order valence-corrected chi connectivity index (χ4v) is 3.75. The number of benzene rings is 2. The molecular formula is C22H20ClN5O. The molecule has 1 unspecified atom stereocenters. The van der Waals surface area contributed by atoms with Crippen LogP contribution in [0.1, 0.15) is 28.9 Å². The van der Waals surface area contributed by atoms with E-state index in [0.29, 0.717) is 29.4 Å². The Morgan fingerprint density at radius 3 is 2.69 bits per heavy atom. The van der Waals surface area contributed by atoms with Crippen LogP contribution in [-0.2, 0) is 0 Å². The largest absolute Gasteiger partial charge is 0.336 e. The maximum Gasteiger partial charge on any atom is 0.274 e. The molecule has 1 aliphatic heterocycles. The van der Waals surface area contributed by atoms with E-state index in [-0.39, 0.29) is 11.9 Å². The molecule has 2 heterocycles. The molecule has 6 nitrogen and oxygen atoms in total. The van der Waals surface area contributed by atoms with Gasteiger partial charge in [-0.2, -0.15) is 10.4 Å². The lowest BCUT2D eigenvalue weighted by Gasteiger charge is -2.30. The number of nitrogens with zero attached hydrogens (tertiary/aromatic N) is 4. The van der Waals surface area contributed by atoms with Crippen molar-refractivity contribution in [1.82, 2.24) is 14.7 Å². The van der Waals surface area contributed by atoms with E-state index in [2.05, 4.69) is 11.2 Å². The van der Waals surface area contributed by atoms with Crippen LogP contribution in [-0.4, -0.2) is 39.7 Å². The molecule has 146 valence electrons. The molecule has 0 spiro atoms. The molecule has 2 N–H and O–H groups in total. The quantitative estimate of drug-likeness (QED) is 0.720. The van der Waals surface area contributed by atoms with Crippen LogP contribution >= 0.6 is 11.6 Å². The molecule has 1 aliphatic rings. The standard InChI is InChI=1S/C22H20ClN5O/c23-17-3-1-5-19(11-17)28-21(16-8-6-15(13-24)7-9-16)12-20(26-28)22(29)27-10-2-4-18(25)14-27/h1,3,5-9,11-12,18H,2,4,10,14,25H2. The summed E-state index contributed by atoms with van der Waals surface area (Å²) >= 11 is 6.17. The number of amides is 1. The molecule has 1 fully saturated rings. The number of hydrogen-bond acceptors (Lipinski definition) is 4. The van der Waals surface area contributed by atoms with Crippen molar-refractivity contribution < 1.29 is 4.79 Å². The molecule has 1 saturated heterocycles. The van der Waals surface area contributed by atoms with Crippen LogP contribution in [0.4, 0.5) is 0 Å². The molecule has 1 atom stereocenters.